The molecule has 0 spiro atoms. The first-order valence-electron chi connectivity index (χ1n) is 8.99. The predicted molar refractivity (Wildman–Crippen MR) is 94.3 cm³/mol. The van der Waals surface area contributed by atoms with Gasteiger partial charge in [-0.3, -0.25) is 10.00 Å². The van der Waals surface area contributed by atoms with Crippen LogP contribution in [0.1, 0.15) is 42.5 Å². The van der Waals surface area contributed by atoms with Gasteiger partial charge in [0, 0.05) is 24.7 Å². The first-order chi connectivity index (χ1) is 12.3. The van der Waals surface area contributed by atoms with E-state index in [4.69, 9.17) is 14.2 Å². The number of rotatable bonds is 5. The van der Waals surface area contributed by atoms with Crippen molar-refractivity contribution >= 4 is 0 Å². The lowest BCUT2D eigenvalue weighted by Gasteiger charge is -2.32. The van der Waals surface area contributed by atoms with E-state index in [0.717, 1.165) is 37.6 Å². The SMILES string of the molecule is CCc1cn[nH]c1[C@@H]1CCCN(Cc2cc(OC)c3c(c2)OCO3)C1. The van der Waals surface area contributed by atoms with Crippen molar-refractivity contribution in [3.05, 3.63) is 35.2 Å². The summed E-state index contributed by atoms with van der Waals surface area (Å²) in [7, 11) is 1.67. The number of aromatic nitrogens is 2. The Bertz CT molecular complexity index is 744. The normalized spacial score (nSPS) is 20.0. The van der Waals surface area contributed by atoms with Crippen LogP contribution in [0.2, 0.25) is 0 Å². The molecule has 2 aliphatic rings. The Morgan fingerprint density at radius 2 is 2.28 bits per heavy atom. The fourth-order valence-corrected chi connectivity index (χ4v) is 3.92. The van der Waals surface area contributed by atoms with Crippen molar-refractivity contribution < 1.29 is 14.2 Å². The van der Waals surface area contributed by atoms with Crippen LogP contribution in [0.15, 0.2) is 18.3 Å². The van der Waals surface area contributed by atoms with Crippen LogP contribution in [-0.2, 0) is 13.0 Å². The zero-order valence-electron chi connectivity index (χ0n) is 14.9. The predicted octanol–water partition coefficient (Wildman–Crippen LogP) is 3.09. The van der Waals surface area contributed by atoms with Crippen molar-refractivity contribution in [3.63, 3.8) is 0 Å². The summed E-state index contributed by atoms with van der Waals surface area (Å²) in [6, 6.07) is 4.13. The van der Waals surface area contributed by atoms with E-state index >= 15 is 0 Å². The Labute approximate surface area is 148 Å². The molecule has 1 fully saturated rings. The second-order valence-electron chi connectivity index (χ2n) is 6.77. The standard InChI is InChI=1S/C19H25N3O3/c1-3-14-9-20-21-18(14)15-5-4-6-22(11-15)10-13-7-16(23-2)19-17(8-13)24-12-25-19/h7-9,15H,3-6,10-12H2,1-2H3,(H,20,21)/t15-/m1/s1. The highest BCUT2D eigenvalue weighted by Crippen LogP contribution is 2.42. The number of nitrogens with one attached hydrogen (secondary N) is 1. The van der Waals surface area contributed by atoms with Crippen molar-refractivity contribution in [1.29, 1.82) is 0 Å². The van der Waals surface area contributed by atoms with Crippen molar-refractivity contribution in [3.8, 4) is 17.2 Å². The minimum Gasteiger partial charge on any atom is -0.493 e. The maximum absolute atomic E-state index is 5.55. The van der Waals surface area contributed by atoms with Crippen LogP contribution in [0, 0.1) is 0 Å². The molecule has 0 aliphatic carbocycles. The Hall–Kier alpha value is -2.21. The molecule has 6 nitrogen and oxygen atoms in total. The number of hydrogen-bond donors (Lipinski definition) is 1. The van der Waals surface area contributed by atoms with Crippen molar-refractivity contribution in [2.45, 2.75) is 38.6 Å². The number of aryl methyl sites for hydroxylation is 1. The van der Waals surface area contributed by atoms with Gasteiger partial charge in [-0.1, -0.05) is 6.92 Å². The highest BCUT2D eigenvalue weighted by atomic mass is 16.7. The maximum Gasteiger partial charge on any atom is 0.231 e. The van der Waals surface area contributed by atoms with Crippen molar-refractivity contribution in [2.75, 3.05) is 27.0 Å². The molecule has 1 aromatic heterocycles. The van der Waals surface area contributed by atoms with Crippen LogP contribution in [-0.4, -0.2) is 42.1 Å². The molecule has 2 aromatic rings. The topological polar surface area (TPSA) is 59.6 Å². The first kappa shape index (κ1) is 16.3. The molecule has 0 bridgehead atoms. The molecule has 6 heteroatoms. The van der Waals surface area contributed by atoms with Gasteiger partial charge in [0.25, 0.3) is 0 Å². The Morgan fingerprint density at radius 3 is 3.12 bits per heavy atom. The van der Waals surface area contributed by atoms with Crippen LogP contribution in [0.4, 0.5) is 0 Å². The van der Waals surface area contributed by atoms with E-state index in [1.165, 1.54) is 29.7 Å². The second kappa shape index (κ2) is 6.96. The van der Waals surface area contributed by atoms with E-state index in [9.17, 15) is 0 Å². The van der Waals surface area contributed by atoms with Crippen LogP contribution in [0.3, 0.4) is 0 Å². The van der Waals surface area contributed by atoms with Gasteiger partial charge in [0.05, 0.1) is 13.3 Å². The molecule has 134 valence electrons. The fraction of sp³-hybridized carbons (Fsp3) is 0.526. The molecule has 1 N–H and O–H groups in total. The lowest BCUT2D eigenvalue weighted by Crippen LogP contribution is -2.34. The average molecular weight is 343 g/mol. The number of nitrogens with zero attached hydrogens (tertiary/aromatic N) is 2. The van der Waals surface area contributed by atoms with Crippen molar-refractivity contribution in [1.82, 2.24) is 15.1 Å². The fourth-order valence-electron chi connectivity index (χ4n) is 3.92. The van der Waals surface area contributed by atoms with E-state index in [-0.39, 0.29) is 6.79 Å². The Balaban J connectivity index is 1.49. The summed E-state index contributed by atoms with van der Waals surface area (Å²) >= 11 is 0. The molecule has 25 heavy (non-hydrogen) atoms. The molecule has 2 aliphatic heterocycles. The highest BCUT2D eigenvalue weighted by Gasteiger charge is 2.26. The Morgan fingerprint density at radius 1 is 1.36 bits per heavy atom. The molecule has 3 heterocycles. The molecular weight excluding hydrogens is 318 g/mol. The number of hydrogen-bond acceptors (Lipinski definition) is 5. The number of H-pyrrole nitrogens is 1. The summed E-state index contributed by atoms with van der Waals surface area (Å²) in [5, 5.41) is 7.48. The summed E-state index contributed by atoms with van der Waals surface area (Å²) in [5.41, 5.74) is 3.86. The number of piperidine rings is 1. The van der Waals surface area contributed by atoms with Crippen molar-refractivity contribution in [2.24, 2.45) is 0 Å². The summed E-state index contributed by atoms with van der Waals surface area (Å²) in [4.78, 5) is 2.51. The van der Waals surface area contributed by atoms with Crippen LogP contribution in [0.5, 0.6) is 17.2 Å². The monoisotopic (exact) mass is 343 g/mol. The zero-order chi connectivity index (χ0) is 17.2. The number of fused-ring (bicyclic) bond motifs is 1. The maximum atomic E-state index is 5.55. The molecule has 1 atom stereocenters. The molecule has 0 saturated carbocycles. The molecular formula is C19H25N3O3. The van der Waals surface area contributed by atoms with Gasteiger partial charge in [0.15, 0.2) is 11.5 Å². The summed E-state index contributed by atoms with van der Waals surface area (Å²) in [5.74, 6) is 2.78. The quantitative estimate of drug-likeness (QED) is 0.904. The van der Waals surface area contributed by atoms with Gasteiger partial charge in [0.2, 0.25) is 12.5 Å². The third kappa shape index (κ3) is 3.18. The van der Waals surface area contributed by atoms with E-state index in [1.54, 1.807) is 7.11 Å². The number of ether oxygens (including phenoxy) is 3. The van der Waals surface area contributed by atoms with Gasteiger partial charge in [-0.05, 0) is 49.1 Å². The van der Waals surface area contributed by atoms with Crippen LogP contribution >= 0.6 is 0 Å². The lowest BCUT2D eigenvalue weighted by atomic mass is 9.91. The minimum atomic E-state index is 0.264. The summed E-state index contributed by atoms with van der Waals surface area (Å²) in [6.07, 6.45) is 5.42. The second-order valence-corrected chi connectivity index (χ2v) is 6.77. The lowest BCUT2D eigenvalue weighted by molar-refractivity contribution is 0.171. The van der Waals surface area contributed by atoms with Gasteiger partial charge >= 0.3 is 0 Å². The van der Waals surface area contributed by atoms with Crippen LogP contribution in [0.25, 0.3) is 0 Å². The largest absolute Gasteiger partial charge is 0.493 e. The molecule has 1 aromatic carbocycles. The number of aromatic amines is 1. The number of benzene rings is 1. The first-order valence-corrected chi connectivity index (χ1v) is 8.99. The smallest absolute Gasteiger partial charge is 0.231 e. The van der Waals surface area contributed by atoms with Gasteiger partial charge < -0.3 is 14.2 Å². The number of likely N-dealkylation sites (tertiary alicyclic amines) is 1. The third-order valence-corrected chi connectivity index (χ3v) is 5.17. The van der Waals surface area contributed by atoms with Gasteiger partial charge in [-0.2, -0.15) is 5.10 Å². The molecule has 1 saturated heterocycles. The van der Waals surface area contributed by atoms with E-state index in [2.05, 4.69) is 34.2 Å². The third-order valence-electron chi connectivity index (χ3n) is 5.17. The molecule has 0 amide bonds. The number of methoxy groups -OCH3 is 1. The van der Waals surface area contributed by atoms with E-state index in [1.807, 2.05) is 6.20 Å². The highest BCUT2D eigenvalue weighted by molar-refractivity contribution is 5.55. The summed E-state index contributed by atoms with van der Waals surface area (Å²) < 4.78 is 16.5. The minimum absolute atomic E-state index is 0.264. The zero-order valence-corrected chi connectivity index (χ0v) is 14.9. The van der Waals surface area contributed by atoms with E-state index < -0.39 is 0 Å². The molecule has 0 radical (unpaired) electrons. The Kier molecular flexibility index (Phi) is 4.53. The van der Waals surface area contributed by atoms with E-state index in [0.29, 0.717) is 11.7 Å². The van der Waals surface area contributed by atoms with Gasteiger partial charge in [-0.15, -0.1) is 0 Å². The van der Waals surface area contributed by atoms with Crippen LogP contribution < -0.4 is 14.2 Å². The molecule has 4 rings (SSSR count). The molecule has 0 unspecified atom stereocenters. The summed E-state index contributed by atoms with van der Waals surface area (Å²) in [6.45, 7) is 5.50. The van der Waals surface area contributed by atoms with Gasteiger partial charge in [-0.25, -0.2) is 0 Å². The average Bonchev–Trinajstić information content (AvgIpc) is 3.30. The van der Waals surface area contributed by atoms with Gasteiger partial charge in [0.1, 0.15) is 0 Å².